The first-order valence-electron chi connectivity index (χ1n) is 8.00. The molecule has 0 atom stereocenters. The maximum absolute atomic E-state index is 12.3. The van der Waals surface area contributed by atoms with Crippen molar-refractivity contribution in [2.75, 3.05) is 39.7 Å². The van der Waals surface area contributed by atoms with Gasteiger partial charge in [0, 0.05) is 25.4 Å². The van der Waals surface area contributed by atoms with E-state index in [4.69, 9.17) is 14.2 Å². The first-order valence-corrected chi connectivity index (χ1v) is 8.00. The number of urea groups is 1. The number of amides is 2. The molecule has 0 aliphatic rings. The van der Waals surface area contributed by atoms with E-state index in [1.165, 1.54) is 0 Å². The summed E-state index contributed by atoms with van der Waals surface area (Å²) >= 11 is 0. The van der Waals surface area contributed by atoms with E-state index in [2.05, 4.69) is 5.32 Å². The van der Waals surface area contributed by atoms with Gasteiger partial charge in [0.1, 0.15) is 18.1 Å². The number of nitrogens with zero attached hydrogens (tertiary/aromatic N) is 1. The molecule has 1 N–H and O–H groups in total. The van der Waals surface area contributed by atoms with E-state index in [1.807, 2.05) is 48.5 Å². The number of anilines is 1. The van der Waals surface area contributed by atoms with Crippen LogP contribution in [-0.4, -0.2) is 45.3 Å². The second kappa shape index (κ2) is 9.54. The molecule has 0 spiro atoms. The van der Waals surface area contributed by atoms with E-state index in [9.17, 15) is 4.79 Å². The Kier molecular flexibility index (Phi) is 7.10. The number of ether oxygens (including phenoxy) is 3. The molecule has 2 rings (SSSR count). The van der Waals surface area contributed by atoms with Gasteiger partial charge in [-0.3, -0.25) is 0 Å². The second-order valence-electron chi connectivity index (χ2n) is 5.47. The van der Waals surface area contributed by atoms with E-state index < -0.39 is 0 Å². The van der Waals surface area contributed by atoms with Crippen molar-refractivity contribution < 1.29 is 19.0 Å². The summed E-state index contributed by atoms with van der Waals surface area (Å²) in [6, 6.07) is 14.7. The highest BCUT2D eigenvalue weighted by Crippen LogP contribution is 2.17. The lowest BCUT2D eigenvalue weighted by Gasteiger charge is -2.19. The van der Waals surface area contributed by atoms with Gasteiger partial charge in [0.2, 0.25) is 0 Å². The molecule has 0 fully saturated rings. The number of hydrogen-bond donors (Lipinski definition) is 1. The highest BCUT2D eigenvalue weighted by molar-refractivity contribution is 5.89. The van der Waals surface area contributed by atoms with Crippen molar-refractivity contribution in [2.45, 2.75) is 6.61 Å². The van der Waals surface area contributed by atoms with Crippen molar-refractivity contribution in [2.24, 2.45) is 0 Å². The molecule has 0 saturated carbocycles. The first-order chi connectivity index (χ1) is 12.1. The highest BCUT2D eigenvalue weighted by atomic mass is 16.5. The average Bonchev–Trinajstić information content (AvgIpc) is 2.64. The third kappa shape index (κ3) is 5.69. The van der Waals surface area contributed by atoms with Crippen molar-refractivity contribution in [3.63, 3.8) is 0 Å². The van der Waals surface area contributed by atoms with Crippen molar-refractivity contribution in [1.29, 1.82) is 0 Å². The SMILES string of the molecule is COCc1ccccc1NC(=O)N(C)CCOc1ccc(OC)cc1. The molecule has 0 aromatic heterocycles. The lowest BCUT2D eigenvalue weighted by Crippen LogP contribution is -2.34. The minimum atomic E-state index is -0.193. The summed E-state index contributed by atoms with van der Waals surface area (Å²) in [4.78, 5) is 13.9. The molecule has 0 heterocycles. The van der Waals surface area contributed by atoms with Crippen LogP contribution in [0.25, 0.3) is 0 Å². The van der Waals surface area contributed by atoms with E-state index in [1.54, 1.807) is 26.2 Å². The maximum atomic E-state index is 12.3. The van der Waals surface area contributed by atoms with Gasteiger partial charge in [0.15, 0.2) is 0 Å². The molecule has 6 heteroatoms. The molecule has 0 bridgehead atoms. The summed E-state index contributed by atoms with van der Waals surface area (Å²) in [6.07, 6.45) is 0. The number of likely N-dealkylation sites (N-methyl/N-ethyl adjacent to an activating group) is 1. The monoisotopic (exact) mass is 344 g/mol. The standard InChI is InChI=1S/C19H24N2O4/c1-21(12-13-25-17-10-8-16(24-3)9-11-17)19(22)20-18-7-5-4-6-15(18)14-23-2/h4-11H,12-14H2,1-3H3,(H,20,22). The Morgan fingerprint density at radius 3 is 2.40 bits per heavy atom. The number of rotatable bonds is 8. The molecule has 0 aliphatic carbocycles. The number of benzene rings is 2. The molecule has 0 unspecified atom stereocenters. The molecule has 0 radical (unpaired) electrons. The number of methoxy groups -OCH3 is 2. The zero-order valence-corrected chi connectivity index (χ0v) is 14.8. The lowest BCUT2D eigenvalue weighted by molar-refractivity contribution is 0.185. The van der Waals surface area contributed by atoms with Crippen LogP contribution in [-0.2, 0) is 11.3 Å². The third-order valence-corrected chi connectivity index (χ3v) is 3.66. The van der Waals surface area contributed by atoms with Crippen LogP contribution < -0.4 is 14.8 Å². The summed E-state index contributed by atoms with van der Waals surface area (Å²) < 4.78 is 15.9. The van der Waals surface area contributed by atoms with Crippen LogP contribution in [0, 0.1) is 0 Å². The summed E-state index contributed by atoms with van der Waals surface area (Å²) in [6.45, 7) is 1.31. The predicted octanol–water partition coefficient (Wildman–Crippen LogP) is 3.38. The zero-order chi connectivity index (χ0) is 18.1. The molecule has 0 aliphatic heterocycles. The number of hydrogen-bond acceptors (Lipinski definition) is 4. The highest BCUT2D eigenvalue weighted by Gasteiger charge is 2.11. The van der Waals surface area contributed by atoms with Crippen molar-refractivity contribution in [3.8, 4) is 11.5 Å². The quantitative estimate of drug-likeness (QED) is 0.797. The minimum Gasteiger partial charge on any atom is -0.497 e. The summed E-state index contributed by atoms with van der Waals surface area (Å²) in [7, 11) is 4.97. The van der Waals surface area contributed by atoms with Gasteiger partial charge in [-0.05, 0) is 30.3 Å². The Bertz CT molecular complexity index is 673. The average molecular weight is 344 g/mol. The van der Waals surface area contributed by atoms with Crippen LogP contribution in [0.5, 0.6) is 11.5 Å². The third-order valence-electron chi connectivity index (χ3n) is 3.66. The van der Waals surface area contributed by atoms with Gasteiger partial charge >= 0.3 is 6.03 Å². The Morgan fingerprint density at radius 2 is 1.72 bits per heavy atom. The number of carbonyl (C=O) groups is 1. The Hall–Kier alpha value is -2.73. The van der Waals surface area contributed by atoms with Crippen LogP contribution in [0.15, 0.2) is 48.5 Å². The van der Waals surface area contributed by atoms with Gasteiger partial charge in [0.05, 0.1) is 20.3 Å². The van der Waals surface area contributed by atoms with Crippen molar-refractivity contribution >= 4 is 11.7 Å². The molecule has 0 saturated heterocycles. The fourth-order valence-electron chi connectivity index (χ4n) is 2.21. The van der Waals surface area contributed by atoms with Crippen LogP contribution in [0.2, 0.25) is 0 Å². The van der Waals surface area contributed by atoms with Crippen LogP contribution in [0.4, 0.5) is 10.5 Å². The summed E-state index contributed by atoms with van der Waals surface area (Å²) in [5.74, 6) is 1.51. The van der Waals surface area contributed by atoms with Crippen LogP contribution >= 0.6 is 0 Å². The second-order valence-corrected chi connectivity index (χ2v) is 5.47. The molecule has 2 aromatic rings. The van der Waals surface area contributed by atoms with E-state index >= 15 is 0 Å². The summed E-state index contributed by atoms with van der Waals surface area (Å²) in [5, 5.41) is 2.89. The van der Waals surface area contributed by atoms with Gasteiger partial charge in [0.25, 0.3) is 0 Å². The smallest absolute Gasteiger partial charge is 0.321 e. The van der Waals surface area contributed by atoms with E-state index in [0.29, 0.717) is 19.8 Å². The molecular formula is C19H24N2O4. The molecule has 2 amide bonds. The summed E-state index contributed by atoms with van der Waals surface area (Å²) in [5.41, 5.74) is 1.68. The molecule has 2 aromatic carbocycles. The van der Waals surface area contributed by atoms with Crippen molar-refractivity contribution in [1.82, 2.24) is 4.90 Å². The molecule has 134 valence electrons. The maximum Gasteiger partial charge on any atom is 0.321 e. The normalized spacial score (nSPS) is 10.2. The fraction of sp³-hybridized carbons (Fsp3) is 0.316. The Balaban J connectivity index is 1.81. The topological polar surface area (TPSA) is 60.0 Å². The Morgan fingerprint density at radius 1 is 1.04 bits per heavy atom. The van der Waals surface area contributed by atoms with Gasteiger partial charge in [-0.2, -0.15) is 0 Å². The lowest BCUT2D eigenvalue weighted by atomic mass is 10.2. The van der Waals surface area contributed by atoms with Gasteiger partial charge in [-0.15, -0.1) is 0 Å². The number of carbonyl (C=O) groups excluding carboxylic acids is 1. The fourth-order valence-corrected chi connectivity index (χ4v) is 2.21. The first kappa shape index (κ1) is 18.6. The van der Waals surface area contributed by atoms with Gasteiger partial charge in [-0.1, -0.05) is 18.2 Å². The van der Waals surface area contributed by atoms with Crippen LogP contribution in [0.3, 0.4) is 0 Å². The van der Waals surface area contributed by atoms with Crippen LogP contribution in [0.1, 0.15) is 5.56 Å². The zero-order valence-electron chi connectivity index (χ0n) is 14.8. The van der Waals surface area contributed by atoms with E-state index in [0.717, 1.165) is 22.7 Å². The number of para-hydroxylation sites is 1. The minimum absolute atomic E-state index is 0.193. The van der Waals surface area contributed by atoms with E-state index in [-0.39, 0.29) is 6.03 Å². The number of nitrogens with one attached hydrogen (secondary N) is 1. The predicted molar refractivity (Wildman–Crippen MR) is 97.3 cm³/mol. The van der Waals surface area contributed by atoms with Crippen molar-refractivity contribution in [3.05, 3.63) is 54.1 Å². The molecule has 25 heavy (non-hydrogen) atoms. The van der Waals surface area contributed by atoms with Gasteiger partial charge < -0.3 is 24.4 Å². The largest absolute Gasteiger partial charge is 0.497 e. The molecular weight excluding hydrogens is 320 g/mol. The molecule has 6 nitrogen and oxygen atoms in total. The van der Waals surface area contributed by atoms with Gasteiger partial charge in [-0.25, -0.2) is 4.79 Å². The Labute approximate surface area is 148 Å².